The molecule has 1 amide bonds. The van der Waals surface area contributed by atoms with Crippen molar-refractivity contribution >= 4 is 44.4 Å². The van der Waals surface area contributed by atoms with E-state index in [0.717, 1.165) is 55.0 Å². The summed E-state index contributed by atoms with van der Waals surface area (Å²) in [5.41, 5.74) is 5.10. The van der Waals surface area contributed by atoms with Gasteiger partial charge >= 0.3 is 0 Å². The monoisotopic (exact) mass is 564 g/mol. The summed E-state index contributed by atoms with van der Waals surface area (Å²) in [5.74, 6) is 1.55. The van der Waals surface area contributed by atoms with Crippen molar-refractivity contribution in [3.05, 3.63) is 73.2 Å². The molecule has 0 radical (unpaired) electrons. The summed E-state index contributed by atoms with van der Waals surface area (Å²) < 4.78 is 7.47. The summed E-state index contributed by atoms with van der Waals surface area (Å²) in [6.07, 6.45) is 3.41. The van der Waals surface area contributed by atoms with Gasteiger partial charge in [-0.15, -0.1) is 0 Å². The topological polar surface area (TPSA) is 105 Å². The Hall–Kier alpha value is -4.77. The molecule has 11 heteroatoms. The quantitative estimate of drug-likeness (QED) is 0.309. The van der Waals surface area contributed by atoms with Crippen LogP contribution in [-0.4, -0.2) is 73.1 Å². The molecule has 0 bridgehead atoms. The summed E-state index contributed by atoms with van der Waals surface area (Å²) >= 11 is 1.62. The van der Waals surface area contributed by atoms with Crippen molar-refractivity contribution in [2.75, 3.05) is 31.6 Å². The highest BCUT2D eigenvalue weighted by Gasteiger charge is 2.31. The second kappa shape index (κ2) is 10.3. The number of nitrogens with one attached hydrogen (secondary N) is 1. The molecule has 41 heavy (non-hydrogen) atoms. The largest absolute Gasteiger partial charge is 0.496 e. The van der Waals surface area contributed by atoms with Crippen molar-refractivity contribution in [3.8, 4) is 27.8 Å². The van der Waals surface area contributed by atoms with Crippen LogP contribution in [0.15, 0.2) is 73.2 Å². The number of methoxy groups -OCH3 is 1. The first-order valence-electron chi connectivity index (χ1n) is 13.5. The number of benzene rings is 2. The maximum absolute atomic E-state index is 13.4. The minimum Gasteiger partial charge on any atom is -0.496 e. The van der Waals surface area contributed by atoms with Gasteiger partial charge in [0, 0.05) is 31.9 Å². The van der Waals surface area contributed by atoms with Crippen molar-refractivity contribution in [3.63, 3.8) is 0 Å². The summed E-state index contributed by atoms with van der Waals surface area (Å²) in [6, 6.07) is 19.7. The molecule has 10 nitrogen and oxygen atoms in total. The predicted molar refractivity (Wildman–Crippen MR) is 160 cm³/mol. The zero-order valence-electron chi connectivity index (χ0n) is 22.7. The minimum absolute atomic E-state index is 0.000621. The van der Waals surface area contributed by atoms with Crippen LogP contribution in [-0.2, 0) is 11.3 Å². The van der Waals surface area contributed by atoms with E-state index in [9.17, 15) is 4.79 Å². The summed E-state index contributed by atoms with van der Waals surface area (Å²) in [6.45, 7) is 4.26. The number of thiazole rings is 1. The van der Waals surface area contributed by atoms with Gasteiger partial charge in [-0.25, -0.2) is 19.9 Å². The number of amides is 1. The van der Waals surface area contributed by atoms with Gasteiger partial charge in [0.2, 0.25) is 5.91 Å². The van der Waals surface area contributed by atoms with Crippen LogP contribution in [0.2, 0.25) is 0 Å². The van der Waals surface area contributed by atoms with Crippen LogP contribution in [0.25, 0.3) is 44.3 Å². The number of anilines is 1. The van der Waals surface area contributed by atoms with Crippen LogP contribution in [0.4, 0.5) is 5.00 Å². The van der Waals surface area contributed by atoms with Gasteiger partial charge in [-0.3, -0.25) is 4.79 Å². The molecule has 4 aromatic heterocycles. The van der Waals surface area contributed by atoms with Crippen LogP contribution in [0.3, 0.4) is 0 Å². The fourth-order valence-electron chi connectivity index (χ4n) is 5.44. The van der Waals surface area contributed by atoms with Gasteiger partial charge in [0.1, 0.15) is 33.5 Å². The lowest BCUT2D eigenvalue weighted by molar-refractivity contribution is -0.134. The molecule has 0 spiro atoms. The number of carbonyl (C=O) groups excluding carboxylic acids is 1. The molecule has 1 atom stereocenters. The number of H-pyrrole nitrogens is 1. The van der Waals surface area contributed by atoms with Gasteiger partial charge in [-0.1, -0.05) is 35.6 Å². The van der Waals surface area contributed by atoms with E-state index in [2.05, 4.69) is 26.8 Å². The number of ether oxygens (including phenoxy) is 1. The Labute approximate surface area is 240 Å². The first-order chi connectivity index (χ1) is 20.1. The molecule has 1 saturated heterocycles. The van der Waals surface area contributed by atoms with E-state index < -0.39 is 0 Å². The van der Waals surface area contributed by atoms with E-state index in [1.807, 2.05) is 70.1 Å². The minimum atomic E-state index is -0.000621. The molecule has 1 fully saturated rings. The van der Waals surface area contributed by atoms with Gasteiger partial charge < -0.3 is 24.1 Å². The van der Waals surface area contributed by atoms with E-state index in [-0.39, 0.29) is 18.5 Å². The molecular weight excluding hydrogens is 536 g/mol. The smallest absolute Gasteiger partial charge is 0.242 e. The number of hydrogen-bond acceptors (Lipinski definition) is 8. The molecule has 1 aliphatic heterocycles. The number of pyridine rings is 1. The SMILES string of the molecule is COc1ccccc1-c1nc(-c2nc3ccccc3[nH]2)c(N2CCN(C(=O)Cn3cnc4cccnc43)C(C)C2)s1. The Balaban J connectivity index is 1.19. The molecule has 6 aromatic rings. The average Bonchev–Trinajstić information content (AvgIpc) is 3.74. The Morgan fingerprint density at radius 1 is 1.02 bits per heavy atom. The van der Waals surface area contributed by atoms with E-state index in [1.54, 1.807) is 31.0 Å². The summed E-state index contributed by atoms with van der Waals surface area (Å²) in [5, 5.41) is 1.88. The van der Waals surface area contributed by atoms with Crippen molar-refractivity contribution in [1.82, 2.24) is 34.4 Å². The van der Waals surface area contributed by atoms with Gasteiger partial charge in [0.05, 0.1) is 30.0 Å². The van der Waals surface area contributed by atoms with Crippen molar-refractivity contribution < 1.29 is 9.53 Å². The van der Waals surface area contributed by atoms with Crippen LogP contribution >= 0.6 is 11.3 Å². The number of nitrogens with zero attached hydrogens (tertiary/aromatic N) is 7. The van der Waals surface area contributed by atoms with E-state index >= 15 is 0 Å². The van der Waals surface area contributed by atoms with Crippen molar-refractivity contribution in [2.24, 2.45) is 0 Å². The predicted octanol–water partition coefficient (Wildman–Crippen LogP) is 4.84. The third-order valence-corrected chi connectivity index (χ3v) is 8.62. The van der Waals surface area contributed by atoms with Crippen molar-refractivity contribution in [2.45, 2.75) is 19.5 Å². The highest BCUT2D eigenvalue weighted by atomic mass is 32.1. The third kappa shape index (κ3) is 4.57. The summed E-state index contributed by atoms with van der Waals surface area (Å²) in [4.78, 5) is 39.9. The lowest BCUT2D eigenvalue weighted by Crippen LogP contribution is -2.54. The maximum atomic E-state index is 13.4. The molecule has 206 valence electrons. The van der Waals surface area contributed by atoms with Crippen LogP contribution in [0, 0.1) is 0 Å². The van der Waals surface area contributed by atoms with Crippen molar-refractivity contribution in [1.29, 1.82) is 0 Å². The van der Waals surface area contributed by atoms with Crippen LogP contribution < -0.4 is 9.64 Å². The molecular formula is C30H28N8O2S. The van der Waals surface area contributed by atoms with E-state index in [1.165, 1.54) is 0 Å². The number of hydrogen-bond donors (Lipinski definition) is 1. The Morgan fingerprint density at radius 2 is 1.85 bits per heavy atom. The Morgan fingerprint density at radius 3 is 2.71 bits per heavy atom. The highest BCUT2D eigenvalue weighted by molar-refractivity contribution is 7.19. The van der Waals surface area contributed by atoms with Crippen LogP contribution in [0.5, 0.6) is 5.75 Å². The normalized spacial score (nSPS) is 15.6. The average molecular weight is 565 g/mol. The molecule has 0 saturated carbocycles. The summed E-state index contributed by atoms with van der Waals surface area (Å²) in [7, 11) is 1.67. The van der Waals surface area contributed by atoms with Gasteiger partial charge in [-0.2, -0.15) is 0 Å². The number of imidazole rings is 2. The molecule has 1 N–H and O–H groups in total. The fourth-order valence-corrected chi connectivity index (χ4v) is 6.58. The van der Waals surface area contributed by atoms with Gasteiger partial charge in [0.25, 0.3) is 0 Å². The zero-order chi connectivity index (χ0) is 27.9. The zero-order valence-corrected chi connectivity index (χ0v) is 23.5. The first kappa shape index (κ1) is 25.2. The molecule has 5 heterocycles. The van der Waals surface area contributed by atoms with Crippen LogP contribution in [0.1, 0.15) is 6.92 Å². The Kier molecular flexibility index (Phi) is 6.35. The molecule has 7 rings (SSSR count). The molecule has 2 aromatic carbocycles. The number of carbonyl (C=O) groups is 1. The third-order valence-electron chi connectivity index (χ3n) is 7.48. The lowest BCUT2D eigenvalue weighted by Gasteiger charge is -2.40. The van der Waals surface area contributed by atoms with E-state index in [0.29, 0.717) is 19.6 Å². The first-order valence-corrected chi connectivity index (χ1v) is 14.3. The number of fused-ring (bicyclic) bond motifs is 2. The number of para-hydroxylation sites is 3. The van der Waals surface area contributed by atoms with Gasteiger partial charge in [0.15, 0.2) is 11.5 Å². The Bertz CT molecular complexity index is 1840. The second-order valence-corrected chi connectivity index (χ2v) is 11.1. The number of rotatable bonds is 6. The van der Waals surface area contributed by atoms with E-state index in [4.69, 9.17) is 14.7 Å². The number of piperazine rings is 1. The number of aromatic nitrogens is 6. The number of aromatic amines is 1. The molecule has 1 unspecified atom stereocenters. The maximum Gasteiger partial charge on any atom is 0.242 e. The second-order valence-electron chi connectivity index (χ2n) is 10.1. The highest BCUT2D eigenvalue weighted by Crippen LogP contribution is 2.43. The molecule has 1 aliphatic rings. The fraction of sp³-hybridized carbons (Fsp3) is 0.233. The lowest BCUT2D eigenvalue weighted by atomic mass is 10.2. The standard InChI is InChI=1S/C30H28N8O2S/c1-19-16-36(14-15-38(19)25(39)17-37-18-32-23-11-7-13-31-28(23)37)30-26(27-33-21-9-4-5-10-22(21)34-27)35-29(41-30)20-8-3-6-12-24(20)40-2/h3-13,18-19H,14-17H2,1-2H3,(H,33,34). The van der Waals surface area contributed by atoms with Gasteiger partial charge in [-0.05, 0) is 43.3 Å². The molecule has 0 aliphatic carbocycles.